The van der Waals surface area contributed by atoms with Crippen LogP contribution in [0, 0.1) is 0 Å². The van der Waals surface area contributed by atoms with Crippen LogP contribution in [0.4, 0.5) is 13.2 Å². The number of halogens is 3. The van der Waals surface area contributed by atoms with Crippen molar-refractivity contribution in [3.8, 4) is 11.3 Å². The fourth-order valence-corrected chi connectivity index (χ4v) is 2.58. The Bertz CT molecular complexity index is 801. The molecule has 2 aromatic rings. The number of hydrogen-bond acceptors (Lipinski definition) is 6. The van der Waals surface area contributed by atoms with Crippen molar-refractivity contribution < 1.29 is 32.0 Å². The Morgan fingerprint density at radius 2 is 1.85 bits per heavy atom. The largest absolute Gasteiger partial charge is 0.462 e. The van der Waals surface area contributed by atoms with Gasteiger partial charge in [0.15, 0.2) is 5.76 Å². The van der Waals surface area contributed by atoms with Crippen LogP contribution in [0.25, 0.3) is 11.3 Å². The number of aromatic nitrogens is 1. The molecule has 2 rings (SSSR count). The van der Waals surface area contributed by atoms with Gasteiger partial charge in [-0.3, -0.25) is 4.79 Å². The lowest BCUT2D eigenvalue weighted by molar-refractivity contribution is -0.173. The molecular formula is C18H19F3N2O4. The van der Waals surface area contributed by atoms with Crippen molar-refractivity contribution in [3.05, 3.63) is 41.7 Å². The zero-order valence-corrected chi connectivity index (χ0v) is 15.0. The summed E-state index contributed by atoms with van der Waals surface area (Å²) in [6.45, 7) is 1.25. The summed E-state index contributed by atoms with van der Waals surface area (Å²) in [5.74, 6) is -5.11. The molecule has 6 nitrogen and oxygen atoms in total. The average molecular weight is 384 g/mol. The van der Waals surface area contributed by atoms with E-state index in [0.29, 0.717) is 5.56 Å². The van der Waals surface area contributed by atoms with Gasteiger partial charge in [-0.25, -0.2) is 4.79 Å². The fourth-order valence-electron chi connectivity index (χ4n) is 2.58. The normalized spacial score (nSPS) is 12.9. The second-order valence-corrected chi connectivity index (χ2v) is 6.03. The summed E-state index contributed by atoms with van der Waals surface area (Å²) >= 11 is 0. The number of alkyl halides is 3. The van der Waals surface area contributed by atoms with Gasteiger partial charge in [-0.1, -0.05) is 35.5 Å². The summed E-state index contributed by atoms with van der Waals surface area (Å²) < 4.78 is 49.4. The number of ketones is 1. The Morgan fingerprint density at radius 1 is 1.22 bits per heavy atom. The van der Waals surface area contributed by atoms with Gasteiger partial charge < -0.3 is 14.2 Å². The van der Waals surface area contributed by atoms with Crippen LogP contribution >= 0.6 is 0 Å². The van der Waals surface area contributed by atoms with E-state index in [0.717, 1.165) is 0 Å². The van der Waals surface area contributed by atoms with E-state index in [1.807, 2.05) is 0 Å². The lowest BCUT2D eigenvalue weighted by atomic mass is 9.94. The van der Waals surface area contributed by atoms with Gasteiger partial charge in [-0.15, -0.1) is 0 Å². The molecule has 0 saturated carbocycles. The van der Waals surface area contributed by atoms with Crippen molar-refractivity contribution in [1.29, 1.82) is 0 Å². The maximum absolute atomic E-state index is 13.1. The van der Waals surface area contributed by atoms with Crippen molar-refractivity contribution >= 4 is 11.8 Å². The Morgan fingerprint density at radius 3 is 2.37 bits per heavy atom. The standard InChI is InChI=1S/C18H19F3N2O4/c1-4-26-17(25)13-14(11-8-6-5-7-9-11)22-27-15(13)12(10-23(2)3)16(24)18(19,20)21/h5-9,12H,4,10H2,1-3H3. The molecule has 1 unspecified atom stereocenters. The van der Waals surface area contributed by atoms with Gasteiger partial charge in [0.1, 0.15) is 17.2 Å². The van der Waals surface area contributed by atoms with Gasteiger partial charge in [0, 0.05) is 12.1 Å². The van der Waals surface area contributed by atoms with Gasteiger partial charge in [-0.2, -0.15) is 13.2 Å². The molecule has 1 aromatic carbocycles. The number of hydrogen-bond donors (Lipinski definition) is 0. The average Bonchev–Trinajstić information content (AvgIpc) is 3.04. The summed E-state index contributed by atoms with van der Waals surface area (Å²) in [4.78, 5) is 25.8. The first kappa shape index (κ1) is 20.6. The van der Waals surface area contributed by atoms with Crippen LogP contribution in [-0.2, 0) is 9.53 Å². The van der Waals surface area contributed by atoms with Crippen LogP contribution in [-0.4, -0.2) is 55.2 Å². The van der Waals surface area contributed by atoms with E-state index >= 15 is 0 Å². The smallest absolute Gasteiger partial charge is 0.450 e. The van der Waals surface area contributed by atoms with Crippen LogP contribution in [0.2, 0.25) is 0 Å². The van der Waals surface area contributed by atoms with E-state index in [1.54, 1.807) is 37.3 Å². The van der Waals surface area contributed by atoms with Gasteiger partial charge in [0.05, 0.1) is 6.61 Å². The molecule has 27 heavy (non-hydrogen) atoms. The maximum Gasteiger partial charge on any atom is 0.450 e. The highest BCUT2D eigenvalue weighted by molar-refractivity contribution is 6.00. The first-order valence-corrected chi connectivity index (χ1v) is 8.14. The summed E-state index contributed by atoms with van der Waals surface area (Å²) in [7, 11) is 3.02. The molecule has 9 heteroatoms. The Balaban J connectivity index is 2.64. The summed E-state index contributed by atoms with van der Waals surface area (Å²) in [5.41, 5.74) is 0.217. The van der Waals surface area contributed by atoms with Gasteiger partial charge in [0.25, 0.3) is 0 Å². The Kier molecular flexibility index (Phi) is 6.37. The predicted octanol–water partition coefficient (Wildman–Crippen LogP) is 3.29. The van der Waals surface area contributed by atoms with Crippen LogP contribution in [0.1, 0.15) is 29.0 Å². The summed E-state index contributed by atoms with van der Waals surface area (Å²) in [6.07, 6.45) is -5.09. The van der Waals surface area contributed by atoms with Crippen molar-refractivity contribution in [3.63, 3.8) is 0 Å². The van der Waals surface area contributed by atoms with E-state index in [1.165, 1.54) is 19.0 Å². The highest BCUT2D eigenvalue weighted by atomic mass is 19.4. The molecule has 0 aliphatic heterocycles. The van der Waals surface area contributed by atoms with Gasteiger partial charge in [-0.05, 0) is 21.0 Å². The second-order valence-electron chi connectivity index (χ2n) is 6.03. The van der Waals surface area contributed by atoms with Crippen LogP contribution in [0.15, 0.2) is 34.9 Å². The molecule has 0 aliphatic rings. The number of carbonyl (C=O) groups is 2. The quantitative estimate of drug-likeness (QED) is 0.682. The van der Waals surface area contributed by atoms with E-state index in [-0.39, 0.29) is 24.4 Å². The third kappa shape index (κ3) is 4.73. The van der Waals surface area contributed by atoms with Gasteiger partial charge >= 0.3 is 12.1 Å². The zero-order valence-electron chi connectivity index (χ0n) is 15.0. The minimum atomic E-state index is -5.09. The monoisotopic (exact) mass is 384 g/mol. The van der Waals surface area contributed by atoms with Crippen LogP contribution < -0.4 is 0 Å². The minimum Gasteiger partial charge on any atom is -0.462 e. The van der Waals surface area contributed by atoms with Crippen molar-refractivity contribution in [1.82, 2.24) is 10.1 Å². The first-order valence-electron chi connectivity index (χ1n) is 8.14. The molecule has 0 bridgehead atoms. The molecule has 0 aliphatic carbocycles. The topological polar surface area (TPSA) is 72.6 Å². The number of likely N-dealkylation sites (N-methyl/N-ethyl adjacent to an activating group) is 1. The van der Waals surface area contributed by atoms with Gasteiger partial charge in [0.2, 0.25) is 5.78 Å². The molecule has 1 aromatic heterocycles. The third-order valence-electron chi connectivity index (χ3n) is 3.71. The lowest BCUT2D eigenvalue weighted by Crippen LogP contribution is -2.35. The first-order chi connectivity index (χ1) is 12.7. The highest BCUT2D eigenvalue weighted by Gasteiger charge is 2.47. The predicted molar refractivity (Wildman–Crippen MR) is 90.3 cm³/mol. The summed E-state index contributed by atoms with van der Waals surface area (Å²) in [5, 5.41) is 3.77. The highest BCUT2D eigenvalue weighted by Crippen LogP contribution is 2.35. The zero-order chi connectivity index (χ0) is 20.2. The molecule has 0 spiro atoms. The van der Waals surface area contributed by atoms with Crippen molar-refractivity contribution in [2.24, 2.45) is 0 Å². The van der Waals surface area contributed by atoms with Crippen molar-refractivity contribution in [2.45, 2.75) is 19.0 Å². The number of nitrogens with zero attached hydrogens (tertiary/aromatic N) is 2. The SMILES string of the molecule is CCOC(=O)c1c(-c2ccccc2)noc1C(CN(C)C)C(=O)C(F)(F)F. The molecule has 0 saturated heterocycles. The number of Topliss-reactive ketones (excluding diaryl/α,β-unsaturated/α-hetero) is 1. The van der Waals surface area contributed by atoms with E-state index < -0.39 is 29.6 Å². The number of rotatable bonds is 7. The Hall–Kier alpha value is -2.68. The number of benzene rings is 1. The van der Waals surface area contributed by atoms with Crippen molar-refractivity contribution in [2.75, 3.05) is 27.2 Å². The number of esters is 1. The van der Waals surface area contributed by atoms with Crippen LogP contribution in [0.5, 0.6) is 0 Å². The molecule has 146 valence electrons. The molecule has 0 fully saturated rings. The number of carbonyl (C=O) groups excluding carboxylic acids is 2. The maximum atomic E-state index is 13.1. The molecule has 0 amide bonds. The molecule has 1 heterocycles. The Labute approximate surface area is 153 Å². The summed E-state index contributed by atoms with van der Waals surface area (Å²) in [6, 6.07) is 8.33. The van der Waals surface area contributed by atoms with E-state index in [4.69, 9.17) is 9.26 Å². The van der Waals surface area contributed by atoms with E-state index in [9.17, 15) is 22.8 Å². The third-order valence-corrected chi connectivity index (χ3v) is 3.71. The molecular weight excluding hydrogens is 365 g/mol. The fraction of sp³-hybridized carbons (Fsp3) is 0.389. The molecule has 0 N–H and O–H groups in total. The number of ether oxygens (including phenoxy) is 1. The van der Waals surface area contributed by atoms with Crippen LogP contribution in [0.3, 0.4) is 0 Å². The van der Waals surface area contributed by atoms with E-state index in [2.05, 4.69) is 5.16 Å². The second kappa shape index (κ2) is 8.34. The molecule has 1 atom stereocenters. The minimum absolute atomic E-state index is 0.00322. The molecule has 0 radical (unpaired) electrons. The lowest BCUT2D eigenvalue weighted by Gasteiger charge is -2.19.